The SMILES string of the molecule is CNCC(C)NCc1cc(Cl)ccc1I. The molecule has 1 atom stereocenters. The third-order valence-corrected chi connectivity index (χ3v) is 3.45. The van der Waals surface area contributed by atoms with Crippen molar-refractivity contribution in [3.8, 4) is 0 Å². The van der Waals surface area contributed by atoms with Crippen molar-refractivity contribution in [1.82, 2.24) is 10.6 Å². The summed E-state index contributed by atoms with van der Waals surface area (Å²) >= 11 is 8.28. The number of hydrogen-bond acceptors (Lipinski definition) is 2. The Kier molecular flexibility index (Phi) is 5.89. The minimum Gasteiger partial charge on any atom is -0.318 e. The summed E-state index contributed by atoms with van der Waals surface area (Å²) in [5.41, 5.74) is 1.26. The Labute approximate surface area is 110 Å². The van der Waals surface area contributed by atoms with E-state index in [9.17, 15) is 0 Å². The van der Waals surface area contributed by atoms with Crippen LogP contribution in [-0.2, 0) is 6.54 Å². The summed E-state index contributed by atoms with van der Waals surface area (Å²) in [4.78, 5) is 0. The van der Waals surface area contributed by atoms with Gasteiger partial charge in [-0.1, -0.05) is 11.6 Å². The highest BCUT2D eigenvalue weighted by atomic mass is 127. The third kappa shape index (κ3) is 4.68. The predicted octanol–water partition coefficient (Wildman–Crippen LogP) is 2.64. The quantitative estimate of drug-likeness (QED) is 0.807. The van der Waals surface area contributed by atoms with Crippen molar-refractivity contribution < 1.29 is 0 Å². The molecule has 0 bridgehead atoms. The van der Waals surface area contributed by atoms with Crippen LogP contribution in [0.1, 0.15) is 12.5 Å². The summed E-state index contributed by atoms with van der Waals surface area (Å²) in [5.74, 6) is 0. The number of hydrogen-bond donors (Lipinski definition) is 2. The number of halogens is 2. The van der Waals surface area contributed by atoms with Gasteiger partial charge in [-0.2, -0.15) is 0 Å². The van der Waals surface area contributed by atoms with Gasteiger partial charge in [0.15, 0.2) is 0 Å². The van der Waals surface area contributed by atoms with Gasteiger partial charge < -0.3 is 10.6 Å². The highest BCUT2D eigenvalue weighted by molar-refractivity contribution is 14.1. The molecule has 2 N–H and O–H groups in total. The van der Waals surface area contributed by atoms with Crippen molar-refractivity contribution in [1.29, 1.82) is 0 Å². The maximum Gasteiger partial charge on any atom is 0.0409 e. The van der Waals surface area contributed by atoms with E-state index in [0.29, 0.717) is 6.04 Å². The molecule has 0 amide bonds. The molecule has 84 valence electrons. The van der Waals surface area contributed by atoms with Crippen molar-refractivity contribution >= 4 is 34.2 Å². The standard InChI is InChI=1S/C11H16ClIN2/c1-8(6-14-2)15-7-9-5-10(12)3-4-11(9)13/h3-5,8,14-15H,6-7H2,1-2H3. The minimum atomic E-state index is 0.463. The molecule has 0 aliphatic carbocycles. The van der Waals surface area contributed by atoms with Gasteiger partial charge in [0.05, 0.1) is 0 Å². The molecule has 4 heteroatoms. The van der Waals surface area contributed by atoms with Crippen molar-refractivity contribution in [3.63, 3.8) is 0 Å². The van der Waals surface area contributed by atoms with Gasteiger partial charge in [0.1, 0.15) is 0 Å². The topological polar surface area (TPSA) is 24.1 Å². The molecular formula is C11H16ClIN2. The van der Waals surface area contributed by atoms with Crippen molar-refractivity contribution in [2.75, 3.05) is 13.6 Å². The zero-order valence-electron chi connectivity index (χ0n) is 8.98. The van der Waals surface area contributed by atoms with Crippen molar-refractivity contribution in [2.45, 2.75) is 19.5 Å². The second-order valence-corrected chi connectivity index (χ2v) is 5.17. The molecule has 15 heavy (non-hydrogen) atoms. The third-order valence-electron chi connectivity index (χ3n) is 2.16. The first-order valence-electron chi connectivity index (χ1n) is 4.95. The van der Waals surface area contributed by atoms with E-state index in [-0.39, 0.29) is 0 Å². The fraction of sp³-hybridized carbons (Fsp3) is 0.455. The average Bonchev–Trinajstić information content (AvgIpc) is 2.20. The summed E-state index contributed by atoms with van der Waals surface area (Å²) in [7, 11) is 1.96. The molecule has 0 aliphatic heterocycles. The first kappa shape index (κ1) is 13.2. The molecule has 1 unspecified atom stereocenters. The molecule has 0 saturated heterocycles. The fourth-order valence-electron chi connectivity index (χ4n) is 1.34. The summed E-state index contributed by atoms with van der Waals surface area (Å²) in [6, 6.07) is 6.44. The summed E-state index contributed by atoms with van der Waals surface area (Å²) < 4.78 is 1.25. The molecule has 0 fully saturated rings. The second-order valence-electron chi connectivity index (χ2n) is 3.58. The number of rotatable bonds is 5. The van der Waals surface area contributed by atoms with Crippen LogP contribution in [0, 0.1) is 3.57 Å². The van der Waals surface area contributed by atoms with Gasteiger partial charge in [0, 0.05) is 27.7 Å². The number of likely N-dealkylation sites (N-methyl/N-ethyl adjacent to an activating group) is 1. The van der Waals surface area contributed by atoms with E-state index in [4.69, 9.17) is 11.6 Å². The lowest BCUT2D eigenvalue weighted by atomic mass is 10.2. The first-order valence-corrected chi connectivity index (χ1v) is 6.41. The van der Waals surface area contributed by atoms with Gasteiger partial charge in [0.2, 0.25) is 0 Å². The van der Waals surface area contributed by atoms with Crippen LogP contribution in [0.3, 0.4) is 0 Å². The minimum absolute atomic E-state index is 0.463. The molecule has 1 rings (SSSR count). The van der Waals surface area contributed by atoms with Crippen LogP contribution in [0.15, 0.2) is 18.2 Å². The lowest BCUT2D eigenvalue weighted by Crippen LogP contribution is -2.34. The van der Waals surface area contributed by atoms with Crippen LogP contribution in [0.5, 0.6) is 0 Å². The van der Waals surface area contributed by atoms with Crippen LogP contribution in [0.2, 0.25) is 5.02 Å². The Morgan fingerprint density at radius 3 is 2.87 bits per heavy atom. The van der Waals surface area contributed by atoms with Gasteiger partial charge in [0.25, 0.3) is 0 Å². The highest BCUT2D eigenvalue weighted by Gasteiger charge is 2.03. The normalized spacial score (nSPS) is 12.8. The molecule has 0 aliphatic rings. The summed E-state index contributed by atoms with van der Waals surface area (Å²) in [5, 5.41) is 7.38. The van der Waals surface area contributed by atoms with Gasteiger partial charge >= 0.3 is 0 Å². The Hall–Kier alpha value is 0.160. The van der Waals surface area contributed by atoms with Crippen LogP contribution in [0.4, 0.5) is 0 Å². The largest absolute Gasteiger partial charge is 0.318 e. The van der Waals surface area contributed by atoms with Crippen molar-refractivity contribution in [3.05, 3.63) is 32.4 Å². The highest BCUT2D eigenvalue weighted by Crippen LogP contribution is 2.17. The van der Waals surface area contributed by atoms with Crippen LogP contribution in [0.25, 0.3) is 0 Å². The van der Waals surface area contributed by atoms with E-state index in [1.165, 1.54) is 9.13 Å². The molecule has 0 spiro atoms. The van der Waals surface area contributed by atoms with E-state index < -0.39 is 0 Å². The van der Waals surface area contributed by atoms with E-state index in [2.05, 4.69) is 40.1 Å². The molecule has 0 radical (unpaired) electrons. The molecule has 1 aromatic carbocycles. The van der Waals surface area contributed by atoms with E-state index in [0.717, 1.165) is 18.1 Å². The molecule has 0 aromatic heterocycles. The Morgan fingerprint density at radius 2 is 2.20 bits per heavy atom. The van der Waals surface area contributed by atoms with Gasteiger partial charge in [-0.3, -0.25) is 0 Å². The molecule has 1 aromatic rings. The molecular weight excluding hydrogens is 322 g/mol. The zero-order valence-corrected chi connectivity index (χ0v) is 11.9. The number of benzene rings is 1. The maximum absolute atomic E-state index is 5.95. The van der Waals surface area contributed by atoms with Gasteiger partial charge in [-0.15, -0.1) is 0 Å². The smallest absolute Gasteiger partial charge is 0.0409 e. The van der Waals surface area contributed by atoms with Crippen LogP contribution in [-0.4, -0.2) is 19.6 Å². The van der Waals surface area contributed by atoms with Crippen LogP contribution < -0.4 is 10.6 Å². The Morgan fingerprint density at radius 1 is 1.47 bits per heavy atom. The summed E-state index contributed by atoms with van der Waals surface area (Å²) in [6.45, 7) is 3.99. The van der Waals surface area contributed by atoms with E-state index in [1.807, 2.05) is 25.2 Å². The zero-order chi connectivity index (χ0) is 11.3. The predicted molar refractivity (Wildman–Crippen MR) is 74.4 cm³/mol. The second kappa shape index (κ2) is 6.68. The fourth-order valence-corrected chi connectivity index (χ4v) is 2.06. The van der Waals surface area contributed by atoms with E-state index >= 15 is 0 Å². The Balaban J connectivity index is 2.53. The van der Waals surface area contributed by atoms with Gasteiger partial charge in [-0.05, 0) is 60.3 Å². The summed E-state index contributed by atoms with van der Waals surface area (Å²) in [6.07, 6.45) is 0. The van der Waals surface area contributed by atoms with E-state index in [1.54, 1.807) is 0 Å². The van der Waals surface area contributed by atoms with Crippen molar-refractivity contribution in [2.24, 2.45) is 0 Å². The average molecular weight is 339 g/mol. The van der Waals surface area contributed by atoms with Crippen LogP contribution >= 0.6 is 34.2 Å². The molecule has 0 saturated carbocycles. The molecule has 2 nitrogen and oxygen atoms in total. The lowest BCUT2D eigenvalue weighted by Gasteiger charge is -2.14. The first-order chi connectivity index (χ1) is 7.13. The molecule has 0 heterocycles. The Bertz CT molecular complexity index is 317. The lowest BCUT2D eigenvalue weighted by molar-refractivity contribution is 0.522. The maximum atomic E-state index is 5.95. The monoisotopic (exact) mass is 338 g/mol. The van der Waals surface area contributed by atoms with Gasteiger partial charge in [-0.25, -0.2) is 0 Å². The number of nitrogens with one attached hydrogen (secondary N) is 2.